The Kier molecular flexibility index (Phi) is 5.44. The molecule has 2 heterocycles. The molecule has 6 nitrogen and oxygen atoms in total. The van der Waals surface area contributed by atoms with E-state index in [0.717, 1.165) is 43.1 Å². The molecule has 1 aromatic heterocycles. The van der Waals surface area contributed by atoms with E-state index in [1.165, 1.54) is 0 Å². The second kappa shape index (κ2) is 7.15. The van der Waals surface area contributed by atoms with Crippen molar-refractivity contribution in [2.45, 2.75) is 65.5 Å². The summed E-state index contributed by atoms with van der Waals surface area (Å²) in [6.07, 6.45) is 2.93. The lowest BCUT2D eigenvalue weighted by Gasteiger charge is -2.36. The van der Waals surface area contributed by atoms with Crippen LogP contribution in [-0.2, 0) is 4.74 Å². The Bertz CT molecular complexity index is 534. The topological polar surface area (TPSA) is 67.4 Å². The smallest absolute Gasteiger partial charge is 0.407 e. The summed E-state index contributed by atoms with van der Waals surface area (Å²) in [5.74, 6) is 0.762. The molecule has 0 radical (unpaired) electrons. The van der Waals surface area contributed by atoms with E-state index in [0.29, 0.717) is 6.54 Å². The van der Waals surface area contributed by atoms with Crippen molar-refractivity contribution in [3.63, 3.8) is 0 Å². The Balaban J connectivity index is 2.02. The van der Waals surface area contributed by atoms with Crippen molar-refractivity contribution in [3.05, 3.63) is 17.5 Å². The van der Waals surface area contributed by atoms with Gasteiger partial charge in [0.2, 0.25) is 5.95 Å². The largest absolute Gasteiger partial charge is 0.444 e. The van der Waals surface area contributed by atoms with Crippen molar-refractivity contribution in [2.24, 2.45) is 0 Å². The van der Waals surface area contributed by atoms with Crippen molar-refractivity contribution >= 4 is 12.0 Å². The molecule has 0 aliphatic carbocycles. The molecule has 1 aliphatic rings. The fourth-order valence-corrected chi connectivity index (χ4v) is 2.83. The predicted molar refractivity (Wildman–Crippen MR) is 90.7 cm³/mol. The third kappa shape index (κ3) is 5.37. The van der Waals surface area contributed by atoms with Gasteiger partial charge in [0.25, 0.3) is 0 Å². The Morgan fingerprint density at radius 2 is 1.96 bits per heavy atom. The second-order valence-electron chi connectivity index (χ2n) is 7.18. The lowest BCUT2D eigenvalue weighted by Crippen LogP contribution is -2.48. The Hall–Kier alpha value is -1.85. The lowest BCUT2D eigenvalue weighted by molar-refractivity contribution is 0.0522. The molecule has 1 atom stereocenters. The number of aromatic nitrogens is 2. The summed E-state index contributed by atoms with van der Waals surface area (Å²) in [6, 6.07) is 2.18. The summed E-state index contributed by atoms with van der Waals surface area (Å²) in [5, 5.41) is 2.88. The lowest BCUT2D eigenvalue weighted by atomic mass is 10.0. The molecule has 23 heavy (non-hydrogen) atoms. The van der Waals surface area contributed by atoms with Gasteiger partial charge < -0.3 is 15.0 Å². The maximum absolute atomic E-state index is 11.9. The molecule has 2 rings (SSSR count). The summed E-state index contributed by atoms with van der Waals surface area (Å²) in [6.45, 7) is 11.0. The second-order valence-corrected chi connectivity index (χ2v) is 7.18. The molecule has 1 fully saturated rings. The van der Waals surface area contributed by atoms with E-state index in [1.54, 1.807) is 0 Å². The van der Waals surface area contributed by atoms with Crippen LogP contribution in [0.1, 0.15) is 51.4 Å². The van der Waals surface area contributed by atoms with Crippen LogP contribution in [0.25, 0.3) is 0 Å². The van der Waals surface area contributed by atoms with E-state index in [2.05, 4.69) is 20.2 Å². The number of hydrogen-bond acceptors (Lipinski definition) is 5. The van der Waals surface area contributed by atoms with Gasteiger partial charge in [-0.2, -0.15) is 0 Å². The number of anilines is 1. The number of nitrogens with one attached hydrogen (secondary N) is 1. The normalized spacial score (nSPS) is 18.7. The summed E-state index contributed by atoms with van der Waals surface area (Å²) >= 11 is 0. The Morgan fingerprint density at radius 3 is 2.57 bits per heavy atom. The average Bonchev–Trinajstić information content (AvgIpc) is 2.42. The first-order valence-electron chi connectivity index (χ1n) is 8.30. The van der Waals surface area contributed by atoms with E-state index in [9.17, 15) is 4.79 Å². The number of alkyl carbamates (subject to hydrolysis) is 1. The average molecular weight is 320 g/mol. The molecule has 0 saturated carbocycles. The molecule has 0 unspecified atom stereocenters. The highest BCUT2D eigenvalue weighted by atomic mass is 16.6. The first-order valence-corrected chi connectivity index (χ1v) is 8.30. The summed E-state index contributed by atoms with van der Waals surface area (Å²) < 4.78 is 5.31. The van der Waals surface area contributed by atoms with E-state index in [1.807, 2.05) is 40.7 Å². The molecule has 6 heteroatoms. The van der Waals surface area contributed by atoms with Gasteiger partial charge in [-0.25, -0.2) is 14.8 Å². The number of amides is 1. The van der Waals surface area contributed by atoms with Gasteiger partial charge in [0.15, 0.2) is 0 Å². The highest BCUT2D eigenvalue weighted by Gasteiger charge is 2.26. The van der Waals surface area contributed by atoms with E-state index in [4.69, 9.17) is 4.74 Å². The molecule has 1 amide bonds. The van der Waals surface area contributed by atoms with Gasteiger partial charge in [-0.05, 0) is 59.9 Å². The minimum absolute atomic E-state index is 0.206. The van der Waals surface area contributed by atoms with Crippen molar-refractivity contribution < 1.29 is 9.53 Å². The van der Waals surface area contributed by atoms with Crippen LogP contribution in [0.5, 0.6) is 0 Å². The number of carbonyl (C=O) groups is 1. The number of aryl methyl sites for hydroxylation is 2. The SMILES string of the molecule is Cc1cc(C)nc(N2CCCC[C@@H]2CNC(=O)OC(C)(C)C)n1. The summed E-state index contributed by atoms with van der Waals surface area (Å²) in [5.41, 5.74) is 1.46. The number of ether oxygens (including phenoxy) is 1. The number of piperidine rings is 1. The number of hydrogen-bond donors (Lipinski definition) is 1. The first-order chi connectivity index (χ1) is 10.7. The van der Waals surface area contributed by atoms with Crippen LogP contribution in [0.3, 0.4) is 0 Å². The first kappa shape index (κ1) is 17.5. The third-order valence-corrected chi connectivity index (χ3v) is 3.74. The maximum Gasteiger partial charge on any atom is 0.407 e. The van der Waals surface area contributed by atoms with Crippen molar-refractivity contribution in [1.29, 1.82) is 0 Å². The van der Waals surface area contributed by atoms with Gasteiger partial charge in [-0.3, -0.25) is 0 Å². The fraction of sp³-hybridized carbons (Fsp3) is 0.706. The number of nitrogens with zero attached hydrogens (tertiary/aromatic N) is 3. The molecular formula is C17H28N4O2. The van der Waals surface area contributed by atoms with Crippen LogP contribution in [0.2, 0.25) is 0 Å². The van der Waals surface area contributed by atoms with Crippen LogP contribution < -0.4 is 10.2 Å². The molecule has 1 aliphatic heterocycles. The predicted octanol–water partition coefficient (Wildman–Crippen LogP) is 2.98. The van der Waals surface area contributed by atoms with Gasteiger partial charge >= 0.3 is 6.09 Å². The molecule has 1 saturated heterocycles. The monoisotopic (exact) mass is 320 g/mol. The van der Waals surface area contributed by atoms with Crippen molar-refractivity contribution in [2.75, 3.05) is 18.0 Å². The van der Waals surface area contributed by atoms with Gasteiger partial charge in [-0.1, -0.05) is 0 Å². The minimum atomic E-state index is -0.479. The molecule has 128 valence electrons. The van der Waals surface area contributed by atoms with Crippen molar-refractivity contribution in [3.8, 4) is 0 Å². The molecule has 0 aromatic carbocycles. The zero-order valence-corrected chi connectivity index (χ0v) is 14.8. The standard InChI is InChI=1S/C17H28N4O2/c1-12-10-13(2)20-15(19-12)21-9-7-6-8-14(21)11-18-16(22)23-17(3,4)5/h10,14H,6-9,11H2,1-5H3,(H,18,22)/t14-/m1/s1. The molecular weight excluding hydrogens is 292 g/mol. The van der Waals surface area contributed by atoms with Crippen LogP contribution in [0, 0.1) is 13.8 Å². The molecule has 0 bridgehead atoms. The minimum Gasteiger partial charge on any atom is -0.444 e. The van der Waals surface area contributed by atoms with Crippen LogP contribution in [0.15, 0.2) is 6.07 Å². The van der Waals surface area contributed by atoms with E-state index in [-0.39, 0.29) is 12.1 Å². The van der Waals surface area contributed by atoms with Gasteiger partial charge in [0.1, 0.15) is 5.60 Å². The van der Waals surface area contributed by atoms with Crippen LogP contribution in [0.4, 0.5) is 10.7 Å². The van der Waals surface area contributed by atoms with E-state index >= 15 is 0 Å². The number of carbonyl (C=O) groups excluding carboxylic acids is 1. The molecule has 1 N–H and O–H groups in total. The van der Waals surface area contributed by atoms with Gasteiger partial charge in [0.05, 0.1) is 0 Å². The van der Waals surface area contributed by atoms with Gasteiger partial charge in [-0.15, -0.1) is 0 Å². The highest BCUT2D eigenvalue weighted by Crippen LogP contribution is 2.22. The Morgan fingerprint density at radius 1 is 1.30 bits per heavy atom. The van der Waals surface area contributed by atoms with Crippen LogP contribution in [-0.4, -0.2) is 40.8 Å². The summed E-state index contributed by atoms with van der Waals surface area (Å²) in [4.78, 5) is 23.2. The highest BCUT2D eigenvalue weighted by molar-refractivity contribution is 5.67. The quantitative estimate of drug-likeness (QED) is 0.927. The van der Waals surface area contributed by atoms with Crippen molar-refractivity contribution in [1.82, 2.24) is 15.3 Å². The van der Waals surface area contributed by atoms with E-state index < -0.39 is 5.60 Å². The summed E-state index contributed by atoms with van der Waals surface area (Å²) in [7, 11) is 0. The Labute approximate surface area is 138 Å². The maximum atomic E-state index is 11.9. The molecule has 0 spiro atoms. The molecule has 1 aromatic rings. The third-order valence-electron chi connectivity index (χ3n) is 3.74. The fourth-order valence-electron chi connectivity index (χ4n) is 2.83. The zero-order valence-electron chi connectivity index (χ0n) is 14.8. The zero-order chi connectivity index (χ0) is 17.0. The van der Waals surface area contributed by atoms with Crippen LogP contribution >= 0.6 is 0 Å². The van der Waals surface area contributed by atoms with Gasteiger partial charge in [0, 0.05) is 30.5 Å². The number of rotatable bonds is 3.